The Hall–Kier alpha value is -1.32. The van der Waals surface area contributed by atoms with Crippen LogP contribution in [0.15, 0.2) is 58.6 Å². The fourth-order valence-electron chi connectivity index (χ4n) is 3.21. The van der Waals surface area contributed by atoms with Gasteiger partial charge < -0.3 is 0 Å². The molecule has 116 valence electrons. The number of aromatic nitrogens is 1. The van der Waals surface area contributed by atoms with E-state index < -0.39 is 0 Å². The Morgan fingerprint density at radius 3 is 2.77 bits per heavy atom. The molecule has 0 saturated carbocycles. The zero-order chi connectivity index (χ0) is 15.4. The highest BCUT2D eigenvalue weighted by Gasteiger charge is 2.28. The van der Waals surface area contributed by atoms with Crippen molar-refractivity contribution in [3.05, 3.63) is 54.2 Å². The van der Waals surface area contributed by atoms with Crippen LogP contribution in [0.25, 0.3) is 0 Å². The number of hydrogen-bond acceptors (Lipinski definition) is 3. The van der Waals surface area contributed by atoms with Gasteiger partial charge in [-0.05, 0) is 43.5 Å². The number of rotatable bonds is 5. The Morgan fingerprint density at radius 2 is 2.00 bits per heavy atom. The second kappa shape index (κ2) is 7.30. The molecule has 2 heterocycles. The smallest absolute Gasteiger partial charge is 0.105 e. The average molecular weight is 312 g/mol. The summed E-state index contributed by atoms with van der Waals surface area (Å²) in [4.78, 5) is 8.56. The summed E-state index contributed by atoms with van der Waals surface area (Å²) in [5.74, 6) is 0.711. The Labute approximate surface area is 138 Å². The van der Waals surface area contributed by atoms with E-state index in [0.29, 0.717) is 12.0 Å². The average Bonchev–Trinajstić information content (AvgIpc) is 2.96. The Morgan fingerprint density at radius 1 is 1.18 bits per heavy atom. The predicted molar refractivity (Wildman–Crippen MR) is 93.2 cm³/mol. The van der Waals surface area contributed by atoms with E-state index >= 15 is 0 Å². The minimum absolute atomic E-state index is 0.530. The highest BCUT2D eigenvalue weighted by atomic mass is 32.2. The Bertz CT molecular complexity index is 597. The molecule has 1 aromatic carbocycles. The zero-order valence-corrected chi connectivity index (χ0v) is 14.2. The number of pyridine rings is 1. The largest absolute Gasteiger partial charge is 0.296 e. The van der Waals surface area contributed by atoms with Crippen molar-refractivity contribution in [2.24, 2.45) is 5.92 Å². The summed E-state index contributed by atoms with van der Waals surface area (Å²) < 4.78 is 0. The molecule has 0 spiro atoms. The van der Waals surface area contributed by atoms with Crippen molar-refractivity contribution >= 4 is 11.8 Å². The number of likely N-dealkylation sites (tertiary alicyclic amines) is 1. The molecule has 22 heavy (non-hydrogen) atoms. The highest BCUT2D eigenvalue weighted by molar-refractivity contribution is 7.99. The molecule has 0 N–H and O–H groups in total. The van der Waals surface area contributed by atoms with Crippen molar-refractivity contribution in [3.63, 3.8) is 0 Å². The summed E-state index contributed by atoms with van der Waals surface area (Å²) in [7, 11) is 0. The van der Waals surface area contributed by atoms with Crippen LogP contribution in [0.4, 0.5) is 0 Å². The van der Waals surface area contributed by atoms with Gasteiger partial charge >= 0.3 is 0 Å². The zero-order valence-electron chi connectivity index (χ0n) is 13.4. The van der Waals surface area contributed by atoms with Crippen molar-refractivity contribution in [1.29, 1.82) is 0 Å². The molecular formula is C19H24N2S. The van der Waals surface area contributed by atoms with Gasteiger partial charge in [0, 0.05) is 29.2 Å². The van der Waals surface area contributed by atoms with E-state index in [1.807, 2.05) is 6.20 Å². The predicted octanol–water partition coefficient (Wildman–Crippen LogP) is 5.03. The fraction of sp³-hybridized carbons (Fsp3) is 0.421. The number of nitrogens with zero attached hydrogens (tertiary/aromatic N) is 2. The van der Waals surface area contributed by atoms with Crippen LogP contribution in [0.2, 0.25) is 0 Å². The van der Waals surface area contributed by atoms with E-state index in [0.717, 1.165) is 5.03 Å². The molecule has 3 heteroatoms. The molecule has 2 aromatic rings. The van der Waals surface area contributed by atoms with Crippen LogP contribution in [0.3, 0.4) is 0 Å². The first-order valence-corrected chi connectivity index (χ1v) is 8.97. The first-order chi connectivity index (χ1) is 10.7. The van der Waals surface area contributed by atoms with Gasteiger partial charge in [-0.1, -0.05) is 49.9 Å². The molecule has 1 aromatic heterocycles. The fourth-order valence-corrected chi connectivity index (χ4v) is 4.16. The maximum absolute atomic E-state index is 4.67. The van der Waals surface area contributed by atoms with Gasteiger partial charge in [-0.3, -0.25) is 4.90 Å². The Kier molecular flexibility index (Phi) is 5.16. The molecule has 2 nitrogen and oxygen atoms in total. The molecule has 1 aliphatic heterocycles. The summed E-state index contributed by atoms with van der Waals surface area (Å²) in [6.07, 6.45) is 4.46. The summed E-state index contributed by atoms with van der Waals surface area (Å²) in [5, 5.41) is 1.16. The minimum Gasteiger partial charge on any atom is -0.296 e. The SMILES string of the molecule is CC(C)CN1CCCC1c1cccnc1Sc1ccccc1. The third kappa shape index (κ3) is 3.71. The molecule has 0 amide bonds. The van der Waals surface area contributed by atoms with Crippen LogP contribution in [0.1, 0.15) is 38.3 Å². The highest BCUT2D eigenvalue weighted by Crippen LogP contribution is 2.38. The van der Waals surface area contributed by atoms with E-state index in [9.17, 15) is 0 Å². The minimum atomic E-state index is 0.530. The molecule has 1 aliphatic rings. The Balaban J connectivity index is 1.84. The van der Waals surface area contributed by atoms with Gasteiger partial charge in [0.15, 0.2) is 0 Å². The van der Waals surface area contributed by atoms with E-state index in [1.54, 1.807) is 11.8 Å². The van der Waals surface area contributed by atoms with Crippen molar-refractivity contribution in [2.75, 3.05) is 13.1 Å². The van der Waals surface area contributed by atoms with Gasteiger partial charge in [-0.15, -0.1) is 0 Å². The second-order valence-electron chi connectivity index (χ2n) is 6.36. The lowest BCUT2D eigenvalue weighted by molar-refractivity contribution is 0.226. The van der Waals surface area contributed by atoms with Crippen molar-refractivity contribution in [1.82, 2.24) is 9.88 Å². The van der Waals surface area contributed by atoms with Gasteiger partial charge in [0.05, 0.1) is 0 Å². The van der Waals surface area contributed by atoms with Crippen molar-refractivity contribution < 1.29 is 0 Å². The van der Waals surface area contributed by atoms with Crippen LogP contribution in [-0.4, -0.2) is 23.0 Å². The van der Waals surface area contributed by atoms with Crippen LogP contribution in [0, 0.1) is 5.92 Å². The molecule has 3 rings (SSSR count). The van der Waals surface area contributed by atoms with Gasteiger partial charge in [0.1, 0.15) is 5.03 Å². The third-order valence-corrected chi connectivity index (χ3v) is 5.12. The molecule has 0 aliphatic carbocycles. The van der Waals surface area contributed by atoms with E-state index in [2.05, 4.69) is 66.2 Å². The van der Waals surface area contributed by atoms with Gasteiger partial charge in [-0.25, -0.2) is 4.98 Å². The quantitative estimate of drug-likeness (QED) is 0.770. The van der Waals surface area contributed by atoms with Crippen molar-refractivity contribution in [2.45, 2.75) is 42.7 Å². The van der Waals surface area contributed by atoms with E-state index in [-0.39, 0.29) is 0 Å². The lowest BCUT2D eigenvalue weighted by Crippen LogP contribution is -2.27. The summed E-state index contributed by atoms with van der Waals surface area (Å²) in [6, 6.07) is 15.4. The number of hydrogen-bond donors (Lipinski definition) is 0. The van der Waals surface area contributed by atoms with E-state index in [4.69, 9.17) is 0 Å². The molecule has 1 fully saturated rings. The first-order valence-electron chi connectivity index (χ1n) is 8.16. The molecular weight excluding hydrogens is 288 g/mol. The lowest BCUT2D eigenvalue weighted by atomic mass is 10.1. The van der Waals surface area contributed by atoms with Crippen LogP contribution >= 0.6 is 11.8 Å². The van der Waals surface area contributed by atoms with E-state index in [1.165, 1.54) is 36.4 Å². The van der Waals surface area contributed by atoms with Gasteiger partial charge in [0.25, 0.3) is 0 Å². The topological polar surface area (TPSA) is 16.1 Å². The van der Waals surface area contributed by atoms with Gasteiger partial charge in [-0.2, -0.15) is 0 Å². The maximum atomic E-state index is 4.67. The molecule has 1 saturated heterocycles. The normalized spacial score (nSPS) is 19.0. The summed E-state index contributed by atoms with van der Waals surface area (Å²) in [6.45, 7) is 7.00. The van der Waals surface area contributed by atoms with Crippen molar-refractivity contribution in [3.8, 4) is 0 Å². The monoisotopic (exact) mass is 312 g/mol. The molecule has 0 bridgehead atoms. The first kappa shape index (κ1) is 15.6. The maximum Gasteiger partial charge on any atom is 0.105 e. The molecule has 0 radical (unpaired) electrons. The lowest BCUT2D eigenvalue weighted by Gasteiger charge is -2.27. The van der Waals surface area contributed by atoms with Gasteiger partial charge in [0.2, 0.25) is 0 Å². The number of benzene rings is 1. The second-order valence-corrected chi connectivity index (χ2v) is 7.42. The standard InChI is InChI=1S/C19H24N2S/c1-15(2)14-21-13-7-11-18(21)17-10-6-12-20-19(17)22-16-8-4-3-5-9-16/h3-6,8-10,12,15,18H,7,11,13-14H2,1-2H3. The van der Waals surface area contributed by atoms with Crippen LogP contribution < -0.4 is 0 Å². The molecule has 1 atom stereocenters. The summed E-state index contributed by atoms with van der Waals surface area (Å²) in [5.41, 5.74) is 1.40. The third-order valence-electron chi connectivity index (χ3n) is 4.08. The van der Waals surface area contributed by atoms with Crippen LogP contribution in [0.5, 0.6) is 0 Å². The summed E-state index contributed by atoms with van der Waals surface area (Å²) >= 11 is 1.78. The molecule has 1 unspecified atom stereocenters. The van der Waals surface area contributed by atoms with Crippen LogP contribution in [-0.2, 0) is 0 Å².